The van der Waals surface area contributed by atoms with Crippen LogP contribution in [-0.4, -0.2) is 31.3 Å². The molecule has 0 saturated carbocycles. The zero-order valence-electron chi connectivity index (χ0n) is 15.8. The lowest BCUT2D eigenvalue weighted by molar-refractivity contribution is 0.0896. The average Bonchev–Trinajstić information content (AvgIpc) is 2.68. The van der Waals surface area contributed by atoms with Crippen LogP contribution in [0.15, 0.2) is 84.9 Å². The first-order valence-corrected chi connectivity index (χ1v) is 9.17. The summed E-state index contributed by atoms with van der Waals surface area (Å²) in [6.07, 6.45) is 0.724. The summed E-state index contributed by atoms with van der Waals surface area (Å²) in [6.45, 7) is 0.706. The molecule has 3 rings (SSSR count). The van der Waals surface area contributed by atoms with Crippen LogP contribution in [0.1, 0.15) is 15.9 Å². The van der Waals surface area contributed by atoms with Gasteiger partial charge >= 0.3 is 0 Å². The highest BCUT2D eigenvalue weighted by Gasteiger charge is 2.22. The van der Waals surface area contributed by atoms with Crippen molar-refractivity contribution < 1.29 is 9.53 Å². The standard InChI is InChI=1S/C24H25NO2/c1-25(2)18-21(16-19-10-5-3-6-11-19)24(26)20-12-9-15-23(17-20)27-22-13-7-4-8-14-22/h3-15,17,21H,16,18H2,1-2H3/t21-/m0/s1. The highest BCUT2D eigenvalue weighted by Crippen LogP contribution is 2.24. The van der Waals surface area contributed by atoms with Crippen LogP contribution in [0.5, 0.6) is 11.5 Å². The van der Waals surface area contributed by atoms with Crippen molar-refractivity contribution in [2.24, 2.45) is 5.92 Å². The molecule has 0 aliphatic carbocycles. The number of hydrogen-bond acceptors (Lipinski definition) is 3. The van der Waals surface area contributed by atoms with Gasteiger partial charge in [0.2, 0.25) is 0 Å². The van der Waals surface area contributed by atoms with Crippen molar-refractivity contribution in [3.05, 3.63) is 96.1 Å². The number of rotatable bonds is 8. The topological polar surface area (TPSA) is 29.5 Å². The second-order valence-corrected chi connectivity index (χ2v) is 6.96. The number of carbonyl (C=O) groups excluding carboxylic acids is 1. The van der Waals surface area contributed by atoms with Crippen LogP contribution in [0.4, 0.5) is 0 Å². The minimum atomic E-state index is -0.102. The van der Waals surface area contributed by atoms with Crippen LogP contribution >= 0.6 is 0 Å². The first-order chi connectivity index (χ1) is 13.1. The van der Waals surface area contributed by atoms with Gasteiger partial charge in [0.05, 0.1) is 0 Å². The first kappa shape index (κ1) is 18.9. The fourth-order valence-electron chi connectivity index (χ4n) is 3.15. The average molecular weight is 359 g/mol. The van der Waals surface area contributed by atoms with Crippen LogP contribution in [0.3, 0.4) is 0 Å². The fourth-order valence-corrected chi connectivity index (χ4v) is 3.15. The van der Waals surface area contributed by atoms with Crippen molar-refractivity contribution in [1.29, 1.82) is 0 Å². The summed E-state index contributed by atoms with van der Waals surface area (Å²) < 4.78 is 5.89. The third-order valence-corrected chi connectivity index (χ3v) is 4.38. The molecule has 3 heteroatoms. The monoisotopic (exact) mass is 359 g/mol. The molecule has 0 N–H and O–H groups in total. The molecule has 27 heavy (non-hydrogen) atoms. The SMILES string of the molecule is CN(C)C[C@H](Cc1ccccc1)C(=O)c1cccc(Oc2ccccc2)c1. The Balaban J connectivity index is 1.79. The van der Waals surface area contributed by atoms with Gasteiger partial charge in [0.1, 0.15) is 11.5 Å². The molecule has 0 spiro atoms. The highest BCUT2D eigenvalue weighted by atomic mass is 16.5. The predicted molar refractivity (Wildman–Crippen MR) is 109 cm³/mol. The van der Waals surface area contributed by atoms with E-state index in [0.29, 0.717) is 17.9 Å². The summed E-state index contributed by atoms with van der Waals surface area (Å²) in [4.78, 5) is 15.3. The van der Waals surface area contributed by atoms with Crippen LogP contribution in [0.2, 0.25) is 0 Å². The molecule has 0 bridgehead atoms. The van der Waals surface area contributed by atoms with Crippen LogP contribution in [0.25, 0.3) is 0 Å². The van der Waals surface area contributed by atoms with E-state index in [-0.39, 0.29) is 11.7 Å². The third kappa shape index (κ3) is 5.53. The summed E-state index contributed by atoms with van der Waals surface area (Å²) in [5, 5.41) is 0. The van der Waals surface area contributed by atoms with Crippen LogP contribution in [0, 0.1) is 5.92 Å². The molecular formula is C24H25NO2. The van der Waals surface area contributed by atoms with E-state index in [1.165, 1.54) is 5.56 Å². The molecule has 0 aliphatic heterocycles. The van der Waals surface area contributed by atoms with E-state index in [0.717, 1.165) is 12.2 Å². The van der Waals surface area contributed by atoms with E-state index in [4.69, 9.17) is 4.74 Å². The maximum absolute atomic E-state index is 13.2. The summed E-state index contributed by atoms with van der Waals surface area (Å²) >= 11 is 0. The summed E-state index contributed by atoms with van der Waals surface area (Å²) in [6, 6.07) is 27.2. The van der Waals surface area contributed by atoms with Crippen molar-refractivity contribution in [3.8, 4) is 11.5 Å². The van der Waals surface area contributed by atoms with E-state index in [1.807, 2.05) is 86.9 Å². The van der Waals surface area contributed by atoms with Crippen molar-refractivity contribution in [1.82, 2.24) is 4.90 Å². The number of ketones is 1. The third-order valence-electron chi connectivity index (χ3n) is 4.38. The van der Waals surface area contributed by atoms with Gasteiger partial charge in [-0.05, 0) is 50.3 Å². The molecule has 0 fully saturated rings. The first-order valence-electron chi connectivity index (χ1n) is 9.17. The van der Waals surface area contributed by atoms with E-state index in [2.05, 4.69) is 17.0 Å². The molecule has 0 amide bonds. The number of para-hydroxylation sites is 1. The van der Waals surface area contributed by atoms with E-state index >= 15 is 0 Å². The molecule has 0 radical (unpaired) electrons. The number of hydrogen-bond donors (Lipinski definition) is 0. The van der Waals surface area contributed by atoms with Crippen molar-refractivity contribution in [2.75, 3.05) is 20.6 Å². The quantitative estimate of drug-likeness (QED) is 0.525. The minimum absolute atomic E-state index is 0.102. The second-order valence-electron chi connectivity index (χ2n) is 6.96. The van der Waals surface area contributed by atoms with Crippen LogP contribution in [-0.2, 0) is 6.42 Å². The van der Waals surface area contributed by atoms with Gasteiger partial charge in [0, 0.05) is 18.0 Å². The number of ether oxygens (including phenoxy) is 1. The van der Waals surface area contributed by atoms with Crippen LogP contribution < -0.4 is 4.74 Å². The molecule has 138 valence electrons. The van der Waals surface area contributed by atoms with Gasteiger partial charge in [-0.2, -0.15) is 0 Å². The zero-order chi connectivity index (χ0) is 19.1. The Hall–Kier alpha value is -2.91. The predicted octanol–water partition coefficient (Wildman–Crippen LogP) is 5.08. The maximum Gasteiger partial charge on any atom is 0.167 e. The zero-order valence-corrected chi connectivity index (χ0v) is 15.8. The largest absolute Gasteiger partial charge is 0.457 e. The summed E-state index contributed by atoms with van der Waals surface area (Å²) in [5.41, 5.74) is 1.86. The molecule has 3 aromatic carbocycles. The molecule has 0 aliphatic rings. The molecule has 0 saturated heterocycles. The Morgan fingerprint density at radius 1 is 0.852 bits per heavy atom. The lowest BCUT2D eigenvalue weighted by Crippen LogP contribution is -2.29. The van der Waals surface area contributed by atoms with Gasteiger partial charge in [0.15, 0.2) is 5.78 Å². The van der Waals surface area contributed by atoms with Crippen molar-refractivity contribution in [3.63, 3.8) is 0 Å². The van der Waals surface area contributed by atoms with E-state index in [9.17, 15) is 4.79 Å². The number of nitrogens with zero attached hydrogens (tertiary/aromatic N) is 1. The van der Waals surface area contributed by atoms with Gasteiger partial charge in [-0.15, -0.1) is 0 Å². The van der Waals surface area contributed by atoms with E-state index in [1.54, 1.807) is 0 Å². The van der Waals surface area contributed by atoms with Gasteiger partial charge in [-0.1, -0.05) is 60.7 Å². The highest BCUT2D eigenvalue weighted by molar-refractivity contribution is 5.98. The number of benzene rings is 3. The maximum atomic E-state index is 13.2. The lowest BCUT2D eigenvalue weighted by atomic mass is 9.91. The van der Waals surface area contributed by atoms with Crippen molar-refractivity contribution in [2.45, 2.75) is 6.42 Å². The second kappa shape index (κ2) is 9.15. The van der Waals surface area contributed by atoms with Crippen molar-refractivity contribution >= 4 is 5.78 Å². The molecule has 0 heterocycles. The molecule has 0 aromatic heterocycles. The molecule has 3 aromatic rings. The normalized spacial score (nSPS) is 12.0. The molecular weight excluding hydrogens is 334 g/mol. The Labute approximate surface area is 161 Å². The van der Waals surface area contributed by atoms with Gasteiger partial charge in [-0.25, -0.2) is 0 Å². The number of carbonyl (C=O) groups is 1. The van der Waals surface area contributed by atoms with Gasteiger partial charge in [-0.3, -0.25) is 4.79 Å². The fraction of sp³-hybridized carbons (Fsp3) is 0.208. The Morgan fingerprint density at radius 2 is 1.48 bits per heavy atom. The summed E-state index contributed by atoms with van der Waals surface area (Å²) in [5.74, 6) is 1.48. The van der Waals surface area contributed by atoms with Gasteiger partial charge < -0.3 is 9.64 Å². The Morgan fingerprint density at radius 3 is 2.15 bits per heavy atom. The molecule has 0 unspecified atom stereocenters. The smallest absolute Gasteiger partial charge is 0.167 e. The molecule has 3 nitrogen and oxygen atoms in total. The lowest BCUT2D eigenvalue weighted by Gasteiger charge is -2.20. The molecule has 1 atom stereocenters. The Bertz CT molecular complexity index is 860. The van der Waals surface area contributed by atoms with E-state index < -0.39 is 0 Å². The Kier molecular flexibility index (Phi) is 6.39. The van der Waals surface area contributed by atoms with Gasteiger partial charge in [0.25, 0.3) is 0 Å². The number of Topliss-reactive ketones (excluding diaryl/α,β-unsaturated/α-hetero) is 1. The summed E-state index contributed by atoms with van der Waals surface area (Å²) in [7, 11) is 4.00. The minimum Gasteiger partial charge on any atom is -0.457 e.